The number of aromatic nitrogens is 2. The number of rotatable bonds is 5. The molecule has 0 unspecified atom stereocenters. The standard InChI is InChI=1S/C16H12ClF2N3O2S/c17-12-8-20-22(10-12)9-11-2-1-3-14(6-11)21-25(23,24)16-7-13(18)4-5-15(16)19/h1-8,10,21H,9H2. The maximum atomic E-state index is 13.7. The molecule has 1 heterocycles. The molecule has 0 saturated heterocycles. The van der Waals surface area contributed by atoms with Gasteiger partial charge in [-0.3, -0.25) is 9.40 Å². The maximum absolute atomic E-state index is 13.7. The van der Waals surface area contributed by atoms with Crippen LogP contribution in [-0.4, -0.2) is 18.2 Å². The van der Waals surface area contributed by atoms with Crippen LogP contribution in [0.5, 0.6) is 0 Å². The summed E-state index contributed by atoms with van der Waals surface area (Å²) in [4.78, 5) is -0.753. The molecule has 0 fully saturated rings. The third-order valence-electron chi connectivity index (χ3n) is 3.31. The van der Waals surface area contributed by atoms with Crippen molar-refractivity contribution in [3.05, 3.63) is 77.1 Å². The largest absolute Gasteiger partial charge is 0.280 e. The van der Waals surface area contributed by atoms with Gasteiger partial charge in [-0.05, 0) is 35.9 Å². The predicted molar refractivity (Wildman–Crippen MR) is 89.9 cm³/mol. The second kappa shape index (κ2) is 6.81. The van der Waals surface area contributed by atoms with Crippen molar-refractivity contribution in [1.29, 1.82) is 0 Å². The number of nitrogens with one attached hydrogen (secondary N) is 1. The van der Waals surface area contributed by atoms with Crippen LogP contribution in [0.2, 0.25) is 5.02 Å². The lowest BCUT2D eigenvalue weighted by Crippen LogP contribution is -2.15. The average Bonchev–Trinajstić information content (AvgIpc) is 2.94. The second-order valence-corrected chi connectivity index (χ2v) is 7.32. The van der Waals surface area contributed by atoms with Crippen LogP contribution in [0.25, 0.3) is 0 Å². The molecular weight excluding hydrogens is 372 g/mol. The maximum Gasteiger partial charge on any atom is 0.264 e. The third-order valence-corrected chi connectivity index (χ3v) is 4.90. The summed E-state index contributed by atoms with van der Waals surface area (Å²) < 4.78 is 55.4. The van der Waals surface area contributed by atoms with Crippen molar-refractivity contribution in [2.45, 2.75) is 11.4 Å². The fourth-order valence-corrected chi connectivity index (χ4v) is 3.53. The number of anilines is 1. The van der Waals surface area contributed by atoms with E-state index >= 15 is 0 Å². The molecule has 5 nitrogen and oxygen atoms in total. The van der Waals surface area contributed by atoms with Gasteiger partial charge in [-0.25, -0.2) is 17.2 Å². The Morgan fingerprint density at radius 2 is 1.96 bits per heavy atom. The molecule has 3 aromatic rings. The van der Waals surface area contributed by atoms with Crippen molar-refractivity contribution in [1.82, 2.24) is 9.78 Å². The smallest absolute Gasteiger partial charge is 0.264 e. The molecule has 130 valence electrons. The number of hydrogen-bond acceptors (Lipinski definition) is 3. The van der Waals surface area contributed by atoms with Crippen LogP contribution < -0.4 is 4.72 Å². The van der Waals surface area contributed by atoms with Gasteiger partial charge in [0.2, 0.25) is 0 Å². The first-order valence-electron chi connectivity index (χ1n) is 7.08. The average molecular weight is 384 g/mol. The van der Waals surface area contributed by atoms with E-state index < -0.39 is 26.6 Å². The lowest BCUT2D eigenvalue weighted by molar-refractivity contribution is 0.555. The zero-order chi connectivity index (χ0) is 18.0. The molecule has 0 spiro atoms. The van der Waals surface area contributed by atoms with Gasteiger partial charge in [-0.2, -0.15) is 5.10 Å². The first-order valence-corrected chi connectivity index (χ1v) is 8.94. The molecular formula is C16H12ClF2N3O2S. The Morgan fingerprint density at radius 1 is 1.16 bits per heavy atom. The van der Waals surface area contributed by atoms with Crippen molar-refractivity contribution in [3.63, 3.8) is 0 Å². The fourth-order valence-electron chi connectivity index (χ4n) is 2.24. The van der Waals surface area contributed by atoms with E-state index in [1.54, 1.807) is 29.1 Å². The van der Waals surface area contributed by atoms with Gasteiger partial charge < -0.3 is 0 Å². The van der Waals surface area contributed by atoms with Gasteiger partial charge >= 0.3 is 0 Å². The molecule has 0 bridgehead atoms. The van der Waals surface area contributed by atoms with E-state index in [1.165, 1.54) is 12.3 Å². The lowest BCUT2D eigenvalue weighted by Gasteiger charge is -2.10. The summed E-state index contributed by atoms with van der Waals surface area (Å²) in [6.45, 7) is 0.372. The summed E-state index contributed by atoms with van der Waals surface area (Å²) in [6, 6.07) is 8.74. The van der Waals surface area contributed by atoms with Gasteiger partial charge in [0.05, 0.1) is 17.8 Å². The zero-order valence-electron chi connectivity index (χ0n) is 12.7. The molecule has 1 aromatic heterocycles. The molecule has 0 aliphatic rings. The Bertz CT molecular complexity index is 1020. The summed E-state index contributed by atoms with van der Waals surface area (Å²) in [5.74, 6) is -1.87. The topological polar surface area (TPSA) is 64.0 Å². The summed E-state index contributed by atoms with van der Waals surface area (Å²) in [7, 11) is -4.26. The van der Waals surface area contributed by atoms with Crippen LogP contribution in [0.1, 0.15) is 5.56 Å². The molecule has 25 heavy (non-hydrogen) atoms. The summed E-state index contributed by atoms with van der Waals surface area (Å²) >= 11 is 5.80. The molecule has 0 radical (unpaired) electrons. The summed E-state index contributed by atoms with van der Waals surface area (Å²) in [5, 5.41) is 4.52. The number of benzene rings is 2. The first-order chi connectivity index (χ1) is 11.8. The normalized spacial score (nSPS) is 11.5. The van der Waals surface area contributed by atoms with E-state index in [9.17, 15) is 17.2 Å². The number of sulfonamides is 1. The highest BCUT2D eigenvalue weighted by molar-refractivity contribution is 7.92. The number of nitrogens with zero attached hydrogens (tertiary/aromatic N) is 2. The molecule has 2 aromatic carbocycles. The monoisotopic (exact) mass is 383 g/mol. The second-order valence-electron chi connectivity index (χ2n) is 5.24. The quantitative estimate of drug-likeness (QED) is 0.731. The molecule has 0 saturated carbocycles. The predicted octanol–water partition coefficient (Wildman–Crippen LogP) is 3.66. The van der Waals surface area contributed by atoms with Gasteiger partial charge in [0, 0.05) is 11.9 Å². The van der Waals surface area contributed by atoms with Crippen molar-refractivity contribution >= 4 is 27.3 Å². The van der Waals surface area contributed by atoms with E-state index in [2.05, 4.69) is 9.82 Å². The molecule has 0 aliphatic carbocycles. The molecule has 9 heteroatoms. The van der Waals surface area contributed by atoms with Gasteiger partial charge in [-0.1, -0.05) is 23.7 Å². The van der Waals surface area contributed by atoms with Crippen LogP contribution in [0.4, 0.5) is 14.5 Å². The Labute approximate surface area is 147 Å². The van der Waals surface area contributed by atoms with Gasteiger partial charge in [0.1, 0.15) is 16.5 Å². The van der Waals surface area contributed by atoms with E-state index in [4.69, 9.17) is 11.6 Å². The van der Waals surface area contributed by atoms with Gasteiger partial charge in [0.25, 0.3) is 10.0 Å². The number of hydrogen-bond donors (Lipinski definition) is 1. The van der Waals surface area contributed by atoms with Crippen molar-refractivity contribution in [2.75, 3.05) is 4.72 Å². The SMILES string of the molecule is O=S(=O)(Nc1cccc(Cn2cc(Cl)cn2)c1)c1cc(F)ccc1F. The van der Waals surface area contributed by atoms with Gasteiger partial charge in [0.15, 0.2) is 0 Å². The van der Waals surface area contributed by atoms with Crippen molar-refractivity contribution in [3.8, 4) is 0 Å². The molecule has 1 N–H and O–H groups in total. The summed E-state index contributed by atoms with van der Waals surface area (Å²) in [5.41, 5.74) is 0.971. The van der Waals surface area contributed by atoms with Crippen LogP contribution in [0.3, 0.4) is 0 Å². The highest BCUT2D eigenvalue weighted by atomic mass is 35.5. The first kappa shape index (κ1) is 17.4. The minimum atomic E-state index is -4.26. The lowest BCUT2D eigenvalue weighted by atomic mass is 10.2. The fraction of sp³-hybridized carbons (Fsp3) is 0.0625. The minimum Gasteiger partial charge on any atom is -0.280 e. The highest BCUT2D eigenvalue weighted by Gasteiger charge is 2.20. The Balaban J connectivity index is 1.85. The van der Waals surface area contributed by atoms with Crippen molar-refractivity contribution < 1.29 is 17.2 Å². The molecule has 0 amide bonds. The van der Waals surface area contributed by atoms with Crippen LogP contribution in [0, 0.1) is 11.6 Å². The number of halogens is 3. The van der Waals surface area contributed by atoms with Gasteiger partial charge in [-0.15, -0.1) is 0 Å². The molecule has 3 rings (SSSR count). The highest BCUT2D eigenvalue weighted by Crippen LogP contribution is 2.21. The van der Waals surface area contributed by atoms with Crippen LogP contribution in [0.15, 0.2) is 59.8 Å². The Morgan fingerprint density at radius 3 is 2.68 bits per heavy atom. The van der Waals surface area contributed by atoms with Crippen LogP contribution >= 0.6 is 11.6 Å². The molecule has 0 atom stereocenters. The molecule has 0 aliphatic heterocycles. The van der Waals surface area contributed by atoms with E-state index in [1.807, 2.05) is 0 Å². The minimum absolute atomic E-state index is 0.222. The van der Waals surface area contributed by atoms with Crippen molar-refractivity contribution in [2.24, 2.45) is 0 Å². The summed E-state index contributed by atoms with van der Waals surface area (Å²) in [6.07, 6.45) is 3.11. The van der Waals surface area contributed by atoms with Crippen LogP contribution in [-0.2, 0) is 16.6 Å². The third kappa shape index (κ3) is 4.15. The Hall–Kier alpha value is -2.45. The zero-order valence-corrected chi connectivity index (χ0v) is 14.2. The van der Waals surface area contributed by atoms with E-state index in [0.29, 0.717) is 17.6 Å². The van der Waals surface area contributed by atoms with E-state index in [0.717, 1.165) is 17.7 Å². The van der Waals surface area contributed by atoms with E-state index in [-0.39, 0.29) is 5.69 Å². The Kier molecular flexibility index (Phi) is 4.73.